The summed E-state index contributed by atoms with van der Waals surface area (Å²) in [4.78, 5) is 4.15. The number of aromatic nitrogens is 2. The minimum absolute atomic E-state index is 0.0957. The summed E-state index contributed by atoms with van der Waals surface area (Å²) in [6.45, 7) is 2.77. The fourth-order valence-electron chi connectivity index (χ4n) is 2.49. The maximum atomic E-state index is 12.3. The van der Waals surface area contributed by atoms with Gasteiger partial charge in [0.15, 0.2) is 9.84 Å². The van der Waals surface area contributed by atoms with Gasteiger partial charge < -0.3 is 4.57 Å². The summed E-state index contributed by atoms with van der Waals surface area (Å²) in [5, 5.41) is -0.141. The topological polar surface area (TPSA) is 52.0 Å². The highest BCUT2D eigenvalue weighted by Gasteiger charge is 2.28. The predicted octanol–water partition coefficient (Wildman–Crippen LogP) is 2.15. The van der Waals surface area contributed by atoms with Crippen molar-refractivity contribution in [2.45, 2.75) is 56.6 Å². The molecule has 0 aliphatic heterocycles. The molecule has 96 valence electrons. The van der Waals surface area contributed by atoms with Gasteiger partial charge in [-0.15, -0.1) is 0 Å². The molecule has 0 aromatic carbocycles. The van der Waals surface area contributed by atoms with Crippen LogP contribution < -0.4 is 0 Å². The Bertz CT molecular complexity index is 459. The molecule has 0 atom stereocenters. The molecule has 4 nitrogen and oxygen atoms in total. The molecule has 17 heavy (non-hydrogen) atoms. The third-order valence-corrected chi connectivity index (χ3v) is 5.68. The van der Waals surface area contributed by atoms with E-state index in [1.807, 2.05) is 17.7 Å². The first-order valence-corrected chi connectivity index (χ1v) is 8.06. The summed E-state index contributed by atoms with van der Waals surface area (Å²) in [5.74, 6) is 0.775. The van der Waals surface area contributed by atoms with Gasteiger partial charge in [0.1, 0.15) is 11.6 Å². The van der Waals surface area contributed by atoms with Crippen LogP contribution in [0.25, 0.3) is 0 Å². The van der Waals surface area contributed by atoms with E-state index in [9.17, 15) is 8.42 Å². The molecule has 0 amide bonds. The fraction of sp³-hybridized carbons (Fsp3) is 0.750. The minimum atomic E-state index is -3.02. The molecular formula is C12H20N2O2S. The minimum Gasteiger partial charge on any atom is -0.334 e. The molecular weight excluding hydrogens is 236 g/mol. The predicted molar refractivity (Wildman–Crippen MR) is 67.4 cm³/mol. The third kappa shape index (κ3) is 2.89. The van der Waals surface area contributed by atoms with Crippen molar-refractivity contribution in [2.24, 2.45) is 0 Å². The van der Waals surface area contributed by atoms with Crippen molar-refractivity contribution in [3.63, 3.8) is 0 Å². The first kappa shape index (κ1) is 12.6. The van der Waals surface area contributed by atoms with Crippen LogP contribution in [-0.2, 0) is 22.1 Å². The smallest absolute Gasteiger partial charge is 0.160 e. The van der Waals surface area contributed by atoms with Gasteiger partial charge in [0, 0.05) is 18.9 Å². The molecule has 1 saturated carbocycles. The van der Waals surface area contributed by atoms with Crippen molar-refractivity contribution in [3.05, 3.63) is 18.2 Å². The van der Waals surface area contributed by atoms with E-state index in [0.717, 1.165) is 32.2 Å². The summed E-state index contributed by atoms with van der Waals surface area (Å²) < 4.78 is 26.4. The zero-order valence-corrected chi connectivity index (χ0v) is 11.1. The summed E-state index contributed by atoms with van der Waals surface area (Å²) >= 11 is 0. The Hall–Kier alpha value is -0.840. The maximum Gasteiger partial charge on any atom is 0.160 e. The highest BCUT2D eigenvalue weighted by molar-refractivity contribution is 7.91. The number of hydrogen-bond donors (Lipinski definition) is 0. The van der Waals surface area contributed by atoms with Crippen LogP contribution in [0.3, 0.4) is 0 Å². The van der Waals surface area contributed by atoms with Crippen LogP contribution in [0.5, 0.6) is 0 Å². The second-order valence-electron chi connectivity index (χ2n) is 4.70. The molecule has 0 bridgehead atoms. The number of imidazole rings is 1. The number of hydrogen-bond acceptors (Lipinski definition) is 3. The molecule has 1 aromatic rings. The molecule has 1 aliphatic carbocycles. The van der Waals surface area contributed by atoms with E-state index in [0.29, 0.717) is 5.82 Å². The zero-order chi connectivity index (χ0) is 12.3. The Labute approximate surface area is 103 Å². The highest BCUT2D eigenvalue weighted by Crippen LogP contribution is 2.25. The Morgan fingerprint density at radius 2 is 2.06 bits per heavy atom. The Balaban J connectivity index is 2.11. The summed E-state index contributed by atoms with van der Waals surface area (Å²) in [6.07, 6.45) is 8.44. The van der Waals surface area contributed by atoms with Crippen molar-refractivity contribution < 1.29 is 8.42 Å². The van der Waals surface area contributed by atoms with Crippen molar-refractivity contribution in [1.29, 1.82) is 0 Å². The standard InChI is InChI=1S/C12H20N2O2S/c1-2-14-9-8-13-12(14)10-17(15,16)11-6-4-3-5-7-11/h8-9,11H,2-7,10H2,1H3. The van der Waals surface area contributed by atoms with Gasteiger partial charge in [0.2, 0.25) is 0 Å². The molecule has 1 aliphatic rings. The van der Waals surface area contributed by atoms with Gasteiger partial charge in [-0.1, -0.05) is 19.3 Å². The van der Waals surface area contributed by atoms with E-state index in [4.69, 9.17) is 0 Å². The van der Waals surface area contributed by atoms with Gasteiger partial charge in [-0.25, -0.2) is 13.4 Å². The van der Waals surface area contributed by atoms with Crippen molar-refractivity contribution >= 4 is 9.84 Å². The molecule has 2 rings (SSSR count). The van der Waals surface area contributed by atoms with Gasteiger partial charge in [-0.05, 0) is 19.8 Å². The van der Waals surface area contributed by atoms with Crippen LogP contribution in [0.15, 0.2) is 12.4 Å². The van der Waals surface area contributed by atoms with Crippen molar-refractivity contribution in [1.82, 2.24) is 9.55 Å². The first-order chi connectivity index (χ1) is 8.13. The average molecular weight is 256 g/mol. The fourth-order valence-corrected chi connectivity index (χ4v) is 4.38. The van der Waals surface area contributed by atoms with Gasteiger partial charge in [-0.3, -0.25) is 0 Å². The van der Waals surface area contributed by atoms with E-state index in [2.05, 4.69) is 4.98 Å². The van der Waals surface area contributed by atoms with Gasteiger partial charge >= 0.3 is 0 Å². The van der Waals surface area contributed by atoms with E-state index in [1.165, 1.54) is 6.42 Å². The van der Waals surface area contributed by atoms with Crippen LogP contribution in [0.4, 0.5) is 0 Å². The number of sulfone groups is 1. The van der Waals surface area contributed by atoms with Crippen LogP contribution in [-0.4, -0.2) is 23.2 Å². The molecule has 1 heterocycles. The Kier molecular flexibility index (Phi) is 3.86. The molecule has 0 radical (unpaired) electrons. The lowest BCUT2D eigenvalue weighted by atomic mass is 10.0. The van der Waals surface area contributed by atoms with E-state index < -0.39 is 9.84 Å². The average Bonchev–Trinajstić information content (AvgIpc) is 2.77. The van der Waals surface area contributed by atoms with Gasteiger partial charge in [0.05, 0.1) is 5.25 Å². The normalized spacial score (nSPS) is 18.4. The number of rotatable bonds is 4. The third-order valence-electron chi connectivity index (χ3n) is 3.53. The quantitative estimate of drug-likeness (QED) is 0.829. The second kappa shape index (κ2) is 5.21. The Morgan fingerprint density at radius 3 is 2.71 bits per heavy atom. The Morgan fingerprint density at radius 1 is 1.35 bits per heavy atom. The lowest BCUT2D eigenvalue weighted by Crippen LogP contribution is -2.26. The number of aryl methyl sites for hydroxylation is 1. The summed E-state index contributed by atoms with van der Waals surface area (Å²) in [5.41, 5.74) is 0. The SMILES string of the molecule is CCn1ccnc1CS(=O)(=O)C1CCCCC1. The zero-order valence-electron chi connectivity index (χ0n) is 10.3. The van der Waals surface area contributed by atoms with E-state index >= 15 is 0 Å². The highest BCUT2D eigenvalue weighted by atomic mass is 32.2. The van der Waals surface area contributed by atoms with Crippen molar-refractivity contribution in [2.75, 3.05) is 0 Å². The number of nitrogens with zero attached hydrogens (tertiary/aromatic N) is 2. The van der Waals surface area contributed by atoms with Crippen LogP contribution >= 0.6 is 0 Å². The molecule has 1 fully saturated rings. The second-order valence-corrected chi connectivity index (χ2v) is 6.98. The lowest BCUT2D eigenvalue weighted by molar-refractivity contribution is 0.482. The largest absolute Gasteiger partial charge is 0.334 e. The van der Waals surface area contributed by atoms with Crippen molar-refractivity contribution in [3.8, 4) is 0 Å². The van der Waals surface area contributed by atoms with Crippen LogP contribution in [0.2, 0.25) is 0 Å². The molecule has 0 N–H and O–H groups in total. The van der Waals surface area contributed by atoms with Crippen LogP contribution in [0.1, 0.15) is 44.9 Å². The monoisotopic (exact) mass is 256 g/mol. The molecule has 0 unspecified atom stereocenters. The van der Waals surface area contributed by atoms with Gasteiger partial charge in [0.25, 0.3) is 0 Å². The summed E-state index contributed by atoms with van der Waals surface area (Å²) in [6, 6.07) is 0. The van der Waals surface area contributed by atoms with E-state index in [-0.39, 0.29) is 11.0 Å². The molecule has 1 aromatic heterocycles. The van der Waals surface area contributed by atoms with E-state index in [1.54, 1.807) is 6.20 Å². The van der Waals surface area contributed by atoms with Crippen LogP contribution in [0, 0.1) is 0 Å². The first-order valence-electron chi connectivity index (χ1n) is 6.35. The molecule has 0 spiro atoms. The van der Waals surface area contributed by atoms with Gasteiger partial charge in [-0.2, -0.15) is 0 Å². The molecule has 5 heteroatoms. The molecule has 0 saturated heterocycles. The summed E-state index contributed by atoms with van der Waals surface area (Å²) in [7, 11) is -3.02. The maximum absolute atomic E-state index is 12.3. The lowest BCUT2D eigenvalue weighted by Gasteiger charge is -2.21.